The molecule has 6 aromatic rings. The fourth-order valence-corrected chi connectivity index (χ4v) is 11.6. The second-order valence-corrected chi connectivity index (χ2v) is 23.3. The molecule has 0 atom stereocenters. The third kappa shape index (κ3) is 11.8. The van der Waals surface area contributed by atoms with Gasteiger partial charge >= 0.3 is 27.8 Å². The highest BCUT2D eigenvalue weighted by Gasteiger charge is 2.57. The quantitative estimate of drug-likeness (QED) is 0.123. The van der Waals surface area contributed by atoms with Crippen molar-refractivity contribution < 1.29 is 58.6 Å². The van der Waals surface area contributed by atoms with Crippen LogP contribution in [0.4, 0.5) is 25.2 Å². The lowest BCUT2D eigenvalue weighted by Crippen LogP contribution is -2.67. The SMILES string of the molecule is CC(C)(C)OC(=O)NS(=O)(=O)N1CC2(CC(Nc3nonc3-c3noc(=O)n3-c3ccc(F)c(Br)c3)C2)C1.CCO.Cl.NS(=O)(=O)N1CC2(CC(Nc3nonc3-c3noc(=O)n3-c3ccc(F)c(Br)c3)C2)C1. The van der Waals surface area contributed by atoms with Crippen LogP contribution >= 0.6 is 44.3 Å². The lowest BCUT2D eigenvalue weighted by molar-refractivity contribution is -0.0184. The zero-order valence-electron chi connectivity index (χ0n) is 38.6. The first-order chi connectivity index (χ1) is 33.8. The van der Waals surface area contributed by atoms with Crippen LogP contribution in [0.25, 0.3) is 34.4 Å². The standard InChI is InChI=1S/C21H23BrFN7O7S.C16H15BrFN7O5S.C2H6O.ClH/c1-20(2,3)35-18(31)28-38(33,34)29-9-21(10-29)7-11(8-21)24-16-15(25-37-26-16)17-27-36-19(32)30(17)12-4-5-14(23)13(22)6-12;17-10-3-9(1-2-11(10)18)25-14(23-29-15(25)26)12-13(22-30-21-12)20-8-4-16(5-8)6-24(7-16)31(19,27)28;1-2-3;/h4-6,11H,7-10H2,1-3H3,(H,24,26)(H,28,31);1-3,8H,4-7H2,(H,20,22)(H2,19,27,28);3H,2H2,1H3;1H. The van der Waals surface area contributed by atoms with Gasteiger partial charge < -0.3 is 20.5 Å². The van der Waals surface area contributed by atoms with Gasteiger partial charge in [-0.2, -0.15) is 25.4 Å². The summed E-state index contributed by atoms with van der Waals surface area (Å²) in [4.78, 5) is 36.5. The maximum Gasteiger partial charge on any atom is 0.446 e. The normalized spacial score (nSPS) is 17.3. The third-order valence-corrected chi connectivity index (χ3v) is 15.2. The van der Waals surface area contributed by atoms with Gasteiger partial charge in [0.25, 0.3) is 10.2 Å². The summed E-state index contributed by atoms with van der Waals surface area (Å²) in [5.41, 5.74) is -0.321. The highest BCUT2D eigenvalue weighted by Crippen LogP contribution is 2.51. The van der Waals surface area contributed by atoms with Crippen molar-refractivity contribution in [2.45, 2.75) is 71.1 Å². The average Bonchev–Trinajstić information content (AvgIpc) is 4.04. The van der Waals surface area contributed by atoms with Crippen molar-refractivity contribution in [1.82, 2.24) is 53.4 Å². The molecule has 6 heterocycles. The molecule has 4 fully saturated rings. The van der Waals surface area contributed by atoms with Crippen LogP contribution in [0, 0.1) is 22.5 Å². The molecule has 1 amide bonds. The van der Waals surface area contributed by atoms with E-state index in [1.54, 1.807) is 27.7 Å². The molecule has 0 radical (unpaired) electrons. The van der Waals surface area contributed by atoms with Gasteiger partial charge in [-0.3, -0.25) is 9.05 Å². The van der Waals surface area contributed by atoms with E-state index in [9.17, 15) is 40.0 Å². The molecule has 27 nitrogen and oxygen atoms in total. The van der Waals surface area contributed by atoms with Gasteiger partial charge in [0.2, 0.25) is 23.3 Å². The molecule has 73 heavy (non-hydrogen) atoms. The van der Waals surface area contributed by atoms with Crippen LogP contribution in [-0.4, -0.2) is 127 Å². The van der Waals surface area contributed by atoms with Crippen LogP contribution in [0.3, 0.4) is 0 Å². The van der Waals surface area contributed by atoms with Crippen molar-refractivity contribution in [2.75, 3.05) is 43.4 Å². The average molecular weight is 1220 g/mol. The summed E-state index contributed by atoms with van der Waals surface area (Å²) in [5, 5.41) is 42.0. The molecule has 2 aromatic carbocycles. The first-order valence-electron chi connectivity index (χ1n) is 21.5. The predicted octanol–water partition coefficient (Wildman–Crippen LogP) is 3.70. The number of nitrogens with zero attached hydrogens (tertiary/aromatic N) is 10. The second-order valence-electron chi connectivity index (χ2n) is 18.3. The van der Waals surface area contributed by atoms with Crippen LogP contribution in [0.2, 0.25) is 0 Å². The van der Waals surface area contributed by atoms with E-state index in [4.69, 9.17) is 33.3 Å². The minimum atomic E-state index is -4.01. The van der Waals surface area contributed by atoms with Crippen LogP contribution in [0.15, 0.2) is 73.2 Å². The van der Waals surface area contributed by atoms with Crippen molar-refractivity contribution >= 4 is 82.4 Å². The van der Waals surface area contributed by atoms with E-state index in [2.05, 4.69) is 73.4 Å². The topological polar surface area (TPSA) is 357 Å². The number of amides is 1. The van der Waals surface area contributed by atoms with E-state index in [1.165, 1.54) is 45.0 Å². The summed E-state index contributed by atoms with van der Waals surface area (Å²) in [5.74, 6) is -2.10. The molecule has 4 aromatic heterocycles. The van der Waals surface area contributed by atoms with E-state index in [0.29, 0.717) is 44.5 Å². The van der Waals surface area contributed by atoms with Crippen molar-refractivity contribution in [3.63, 3.8) is 0 Å². The fraction of sp³-hybridized carbons (Fsp3) is 0.462. The molecule has 2 aliphatic carbocycles. The number of anilines is 2. The number of aromatic nitrogens is 8. The molecular formula is C39H45Br2ClF2N14O13S2. The molecule has 0 unspecified atom stereocenters. The summed E-state index contributed by atoms with van der Waals surface area (Å²) < 4.78 is 106. The zero-order chi connectivity index (χ0) is 52.1. The third-order valence-electron chi connectivity index (χ3n) is 11.7. The summed E-state index contributed by atoms with van der Waals surface area (Å²) >= 11 is 6.17. The number of benzene rings is 2. The first-order valence-corrected chi connectivity index (χ1v) is 26.0. The Kier molecular flexibility index (Phi) is 15.8. The van der Waals surface area contributed by atoms with E-state index < -0.39 is 55.3 Å². The molecule has 2 aliphatic heterocycles. The molecule has 2 saturated carbocycles. The lowest BCUT2D eigenvalue weighted by atomic mass is 9.61. The molecule has 2 saturated heterocycles. The maximum atomic E-state index is 13.7. The maximum absolute atomic E-state index is 13.7. The van der Waals surface area contributed by atoms with Crippen LogP contribution < -0.4 is 32.0 Å². The number of ether oxygens (including phenoxy) is 1. The number of nitrogens with one attached hydrogen (secondary N) is 3. The lowest BCUT2D eigenvalue weighted by Gasteiger charge is -2.57. The number of aliphatic hydroxyl groups excluding tert-OH is 1. The molecule has 396 valence electrons. The number of aliphatic hydroxyl groups is 1. The second kappa shape index (κ2) is 20.9. The smallest absolute Gasteiger partial charge is 0.443 e. The molecule has 6 N–H and O–H groups in total. The number of rotatable bonds is 11. The molecular weight excluding hydrogens is 1170 g/mol. The van der Waals surface area contributed by atoms with Gasteiger partial charge in [0.1, 0.15) is 17.2 Å². The summed E-state index contributed by atoms with van der Waals surface area (Å²) in [7, 11) is -7.67. The van der Waals surface area contributed by atoms with Gasteiger partial charge in [0.05, 0.1) is 20.3 Å². The number of carbonyl (C=O) groups excluding carboxylic acids is 1. The van der Waals surface area contributed by atoms with Gasteiger partial charge in [-0.15, -0.1) is 12.4 Å². The Bertz CT molecular complexity index is 3340. The van der Waals surface area contributed by atoms with Crippen molar-refractivity contribution in [3.8, 4) is 34.4 Å². The van der Waals surface area contributed by atoms with E-state index >= 15 is 0 Å². The Balaban J connectivity index is 0.000000204. The number of hydrogen-bond acceptors (Lipinski definition) is 21. The Hall–Kier alpha value is -5.68. The van der Waals surface area contributed by atoms with Crippen molar-refractivity contribution in [2.24, 2.45) is 16.0 Å². The molecule has 0 bridgehead atoms. The van der Waals surface area contributed by atoms with Gasteiger partial charge in [-0.05, 0) is 142 Å². The Morgan fingerprint density at radius 3 is 1.53 bits per heavy atom. The molecule has 2 spiro atoms. The summed E-state index contributed by atoms with van der Waals surface area (Å²) in [6.07, 6.45) is 1.63. The van der Waals surface area contributed by atoms with E-state index in [0.717, 1.165) is 9.13 Å². The van der Waals surface area contributed by atoms with E-state index in [1.807, 2.05) is 4.72 Å². The van der Waals surface area contributed by atoms with Gasteiger partial charge in [-0.25, -0.2) is 51.4 Å². The van der Waals surface area contributed by atoms with Crippen LogP contribution in [0.5, 0.6) is 0 Å². The largest absolute Gasteiger partial charge is 0.446 e. The minimum Gasteiger partial charge on any atom is -0.443 e. The Labute approximate surface area is 435 Å². The van der Waals surface area contributed by atoms with Gasteiger partial charge in [-0.1, -0.05) is 10.3 Å². The Morgan fingerprint density at radius 1 is 0.767 bits per heavy atom. The highest BCUT2D eigenvalue weighted by molar-refractivity contribution is 9.10. The molecule has 34 heteroatoms. The Morgan fingerprint density at radius 2 is 1.16 bits per heavy atom. The van der Waals surface area contributed by atoms with Crippen molar-refractivity contribution in [3.05, 3.63) is 78.1 Å². The van der Waals surface area contributed by atoms with Crippen molar-refractivity contribution in [1.29, 1.82) is 0 Å². The van der Waals surface area contributed by atoms with Crippen LogP contribution in [0.1, 0.15) is 53.4 Å². The van der Waals surface area contributed by atoms with Gasteiger partial charge in [0.15, 0.2) is 11.4 Å². The predicted molar refractivity (Wildman–Crippen MR) is 259 cm³/mol. The monoisotopic (exact) mass is 1210 g/mol. The number of halogens is 5. The molecule has 10 rings (SSSR count). The molecule has 4 aliphatic rings. The first kappa shape index (κ1) is 55.1. The summed E-state index contributed by atoms with van der Waals surface area (Å²) in [6, 6.07) is 7.86. The van der Waals surface area contributed by atoms with E-state index in [-0.39, 0.29) is 104 Å². The highest BCUT2D eigenvalue weighted by atomic mass is 79.9. The number of hydrogen-bond donors (Lipinski definition) is 5. The summed E-state index contributed by atoms with van der Waals surface area (Å²) in [6.45, 7) is 8.10. The fourth-order valence-electron chi connectivity index (χ4n) is 8.66. The zero-order valence-corrected chi connectivity index (χ0v) is 44.2. The number of carbonyl (C=O) groups is 1. The van der Waals surface area contributed by atoms with Gasteiger partial charge in [0, 0.05) is 55.7 Å². The number of nitrogens with two attached hydrogens (primary N) is 1. The minimum absolute atomic E-state index is 0. The van der Waals surface area contributed by atoms with Crippen LogP contribution in [-0.2, 0) is 25.2 Å².